The molecule has 0 aliphatic carbocycles. The summed E-state index contributed by atoms with van der Waals surface area (Å²) in [6.45, 7) is 6.37. The Morgan fingerprint density at radius 1 is 0.918 bits per heavy atom. The van der Waals surface area contributed by atoms with E-state index in [0.717, 1.165) is 55.6 Å². The Morgan fingerprint density at radius 3 is 2.27 bits per heavy atom. The van der Waals surface area contributed by atoms with E-state index in [1.54, 1.807) is 6.07 Å². The van der Waals surface area contributed by atoms with Gasteiger partial charge in [-0.2, -0.15) is 13.2 Å². The molecule has 0 aromatic heterocycles. The predicted octanol–water partition coefficient (Wildman–Crippen LogP) is 7.45. The summed E-state index contributed by atoms with van der Waals surface area (Å²) in [5.74, 6) is 0.614. The summed E-state index contributed by atoms with van der Waals surface area (Å²) in [5, 5.41) is 2.73. The Morgan fingerprint density at radius 2 is 1.59 bits per heavy atom. The predicted molar refractivity (Wildman–Crippen MR) is 187 cm³/mol. The third kappa shape index (κ3) is 11.3. The Labute approximate surface area is 291 Å². The van der Waals surface area contributed by atoms with E-state index < -0.39 is 11.7 Å². The zero-order valence-corrected chi connectivity index (χ0v) is 28.3. The van der Waals surface area contributed by atoms with Crippen molar-refractivity contribution < 1.29 is 27.4 Å². The molecule has 1 aliphatic rings. The van der Waals surface area contributed by atoms with Crippen LogP contribution < -0.4 is 10.1 Å². The molecule has 6 nitrogen and oxygen atoms in total. The summed E-state index contributed by atoms with van der Waals surface area (Å²) >= 11 is 6.36. The summed E-state index contributed by atoms with van der Waals surface area (Å²) < 4.78 is 52.6. The Bertz CT molecular complexity index is 1560. The van der Waals surface area contributed by atoms with Gasteiger partial charge in [-0.1, -0.05) is 96.5 Å². The minimum absolute atomic E-state index is 0.00964. The van der Waals surface area contributed by atoms with Crippen LogP contribution in [0.25, 0.3) is 0 Å². The molecule has 1 heterocycles. The van der Waals surface area contributed by atoms with Crippen LogP contribution in [0, 0.1) is 0 Å². The first kappa shape index (κ1) is 36.4. The molecular formula is C39H43ClF3N3O3. The molecule has 1 aliphatic heterocycles. The molecule has 0 unspecified atom stereocenters. The molecule has 0 radical (unpaired) electrons. The first-order chi connectivity index (χ1) is 23.8. The summed E-state index contributed by atoms with van der Waals surface area (Å²) in [4.78, 5) is 17.0. The normalized spacial score (nSPS) is 13.9. The van der Waals surface area contributed by atoms with Gasteiger partial charge in [-0.15, -0.1) is 0 Å². The van der Waals surface area contributed by atoms with E-state index in [1.165, 1.54) is 6.07 Å². The van der Waals surface area contributed by atoms with E-state index in [2.05, 4.69) is 39.4 Å². The number of carbonyl (C=O) groups is 1. The lowest BCUT2D eigenvalue weighted by molar-refractivity contribution is -0.137. The molecule has 1 N–H and O–H groups in total. The van der Waals surface area contributed by atoms with Crippen molar-refractivity contribution in [3.8, 4) is 5.75 Å². The number of ether oxygens (including phenoxy) is 2. The number of hydrogen-bond donors (Lipinski definition) is 1. The number of hydrogen-bond acceptors (Lipinski definition) is 5. The monoisotopic (exact) mass is 693 g/mol. The van der Waals surface area contributed by atoms with Crippen LogP contribution in [0.3, 0.4) is 0 Å². The Hall–Kier alpha value is -3.89. The maximum atomic E-state index is 13.7. The fourth-order valence-electron chi connectivity index (χ4n) is 6.08. The lowest BCUT2D eigenvalue weighted by Gasteiger charge is -2.29. The molecule has 1 fully saturated rings. The largest absolute Gasteiger partial charge is 0.494 e. The standard InChI is InChI=1S/C39H43ClF3N3O3/c40-38-33(15-8-17-36(38)39(41,42)43)28-46(29-35(31-11-3-1-4-12-31)32-13-5-2-6-14-32)19-9-23-49-34-16-7-10-30(26-34)27-37(47)44-18-20-45-21-24-48-25-22-45/h1-8,10-17,26,35H,9,18-25,27-29H2,(H,44,47). The Balaban J connectivity index is 1.22. The number of rotatable bonds is 16. The average molecular weight is 694 g/mol. The fourth-order valence-corrected chi connectivity index (χ4v) is 6.37. The van der Waals surface area contributed by atoms with E-state index in [9.17, 15) is 18.0 Å². The van der Waals surface area contributed by atoms with Crippen LogP contribution >= 0.6 is 11.6 Å². The van der Waals surface area contributed by atoms with Gasteiger partial charge in [0, 0.05) is 51.7 Å². The maximum absolute atomic E-state index is 13.7. The molecule has 0 saturated carbocycles. The molecule has 260 valence electrons. The summed E-state index contributed by atoms with van der Waals surface area (Å²) in [6, 6.07) is 31.8. The lowest BCUT2D eigenvalue weighted by Crippen LogP contribution is -2.41. The molecule has 4 aromatic rings. The van der Waals surface area contributed by atoms with Crippen LogP contribution in [0.5, 0.6) is 5.75 Å². The van der Waals surface area contributed by atoms with E-state index in [4.69, 9.17) is 21.1 Å². The van der Waals surface area contributed by atoms with Crippen molar-refractivity contribution >= 4 is 17.5 Å². The average Bonchev–Trinajstić information content (AvgIpc) is 3.10. The minimum atomic E-state index is -4.54. The van der Waals surface area contributed by atoms with Crippen LogP contribution in [0.4, 0.5) is 13.2 Å². The van der Waals surface area contributed by atoms with Crippen LogP contribution in [0.2, 0.25) is 5.02 Å². The molecule has 1 amide bonds. The zero-order chi connectivity index (χ0) is 34.5. The van der Waals surface area contributed by atoms with Crippen molar-refractivity contribution in [1.29, 1.82) is 0 Å². The smallest absolute Gasteiger partial charge is 0.417 e. The van der Waals surface area contributed by atoms with Crippen molar-refractivity contribution in [3.63, 3.8) is 0 Å². The zero-order valence-electron chi connectivity index (χ0n) is 27.5. The van der Waals surface area contributed by atoms with Crippen molar-refractivity contribution in [2.75, 3.05) is 59.1 Å². The van der Waals surface area contributed by atoms with Crippen molar-refractivity contribution in [2.45, 2.75) is 31.5 Å². The van der Waals surface area contributed by atoms with Crippen molar-refractivity contribution in [1.82, 2.24) is 15.1 Å². The molecule has 1 saturated heterocycles. The van der Waals surface area contributed by atoms with Crippen LogP contribution in [-0.2, 0) is 28.7 Å². The van der Waals surface area contributed by atoms with E-state index in [0.29, 0.717) is 44.0 Å². The molecule has 0 bridgehead atoms. The second-order valence-corrected chi connectivity index (χ2v) is 12.6. The topological polar surface area (TPSA) is 54.0 Å². The van der Waals surface area contributed by atoms with Crippen LogP contribution in [-0.4, -0.2) is 74.8 Å². The summed E-state index contributed by atoms with van der Waals surface area (Å²) in [5.41, 5.74) is 2.69. The van der Waals surface area contributed by atoms with E-state index in [-0.39, 0.29) is 29.8 Å². The second kappa shape index (κ2) is 18.2. The lowest BCUT2D eigenvalue weighted by atomic mass is 9.90. The van der Waals surface area contributed by atoms with Crippen molar-refractivity contribution in [3.05, 3.63) is 136 Å². The van der Waals surface area contributed by atoms with Gasteiger partial charge in [-0.3, -0.25) is 14.6 Å². The van der Waals surface area contributed by atoms with Gasteiger partial charge in [-0.05, 0) is 46.9 Å². The van der Waals surface area contributed by atoms with Gasteiger partial charge in [0.05, 0.1) is 36.8 Å². The highest BCUT2D eigenvalue weighted by atomic mass is 35.5. The van der Waals surface area contributed by atoms with Gasteiger partial charge in [0.2, 0.25) is 5.91 Å². The summed E-state index contributed by atoms with van der Waals surface area (Å²) in [6.07, 6.45) is -3.66. The first-order valence-electron chi connectivity index (χ1n) is 16.7. The number of benzene rings is 4. The molecule has 0 atom stereocenters. The first-order valence-corrected chi connectivity index (χ1v) is 17.1. The third-order valence-electron chi connectivity index (χ3n) is 8.63. The molecule has 0 spiro atoms. The number of nitrogens with one attached hydrogen (secondary N) is 1. The van der Waals surface area contributed by atoms with Gasteiger partial charge in [0.25, 0.3) is 0 Å². The second-order valence-electron chi connectivity index (χ2n) is 12.2. The quantitative estimate of drug-likeness (QED) is 0.124. The minimum Gasteiger partial charge on any atom is -0.494 e. The highest BCUT2D eigenvalue weighted by molar-refractivity contribution is 6.32. The van der Waals surface area contributed by atoms with Crippen LogP contribution in [0.1, 0.15) is 40.2 Å². The molecule has 5 rings (SSSR count). The van der Waals surface area contributed by atoms with Crippen LogP contribution in [0.15, 0.2) is 103 Å². The maximum Gasteiger partial charge on any atom is 0.417 e. The number of halogens is 4. The SMILES string of the molecule is O=C(Cc1cccc(OCCCN(Cc2cccc(C(F)(F)F)c2Cl)CC(c2ccccc2)c2ccccc2)c1)NCCN1CCOCC1. The highest BCUT2D eigenvalue weighted by Gasteiger charge is 2.34. The number of carbonyl (C=O) groups excluding carboxylic acids is 1. The van der Waals surface area contributed by atoms with Gasteiger partial charge < -0.3 is 14.8 Å². The van der Waals surface area contributed by atoms with Gasteiger partial charge in [0.1, 0.15) is 5.75 Å². The van der Waals surface area contributed by atoms with Gasteiger partial charge >= 0.3 is 6.18 Å². The number of morpholine rings is 1. The molecule has 10 heteroatoms. The number of nitrogens with zero attached hydrogens (tertiary/aromatic N) is 2. The summed E-state index contributed by atoms with van der Waals surface area (Å²) in [7, 11) is 0. The Kier molecular flexibility index (Phi) is 13.5. The number of amides is 1. The van der Waals surface area contributed by atoms with Crippen molar-refractivity contribution in [2.24, 2.45) is 0 Å². The van der Waals surface area contributed by atoms with Gasteiger partial charge in [-0.25, -0.2) is 0 Å². The molecule has 4 aromatic carbocycles. The van der Waals surface area contributed by atoms with Gasteiger partial charge in [0.15, 0.2) is 0 Å². The number of alkyl halides is 3. The molecule has 49 heavy (non-hydrogen) atoms. The highest BCUT2D eigenvalue weighted by Crippen LogP contribution is 2.37. The fraction of sp³-hybridized carbons (Fsp3) is 0.359. The van der Waals surface area contributed by atoms with E-state index in [1.807, 2.05) is 60.7 Å². The molecular weight excluding hydrogens is 651 g/mol. The third-order valence-corrected chi connectivity index (χ3v) is 9.07. The van der Waals surface area contributed by atoms with E-state index >= 15 is 0 Å².